The van der Waals surface area contributed by atoms with Crippen LogP contribution in [0.15, 0.2) is 0 Å². The molecule has 0 aromatic rings. The molecule has 0 nitrogen and oxygen atoms in total. The van der Waals surface area contributed by atoms with E-state index in [1.54, 1.807) is 25.2 Å². The highest BCUT2D eigenvalue weighted by atomic mass is 31.1. The Balaban J connectivity index is 1.99. The fourth-order valence-corrected chi connectivity index (χ4v) is 6.28. The van der Waals surface area contributed by atoms with Crippen molar-refractivity contribution in [2.24, 2.45) is 17.8 Å². The van der Waals surface area contributed by atoms with Crippen LogP contribution in [-0.4, -0.2) is 18.0 Å². The fourth-order valence-electron chi connectivity index (χ4n) is 3.24. The molecular weight excluding hydrogens is 187 g/mol. The van der Waals surface area contributed by atoms with E-state index in [2.05, 4.69) is 20.8 Å². The lowest BCUT2D eigenvalue weighted by molar-refractivity contribution is 0.240. The van der Waals surface area contributed by atoms with Gasteiger partial charge in [0.2, 0.25) is 0 Å². The molecule has 0 aromatic heterocycles. The quantitative estimate of drug-likeness (QED) is 0.597. The molecular formula is C13H25P. The van der Waals surface area contributed by atoms with Crippen LogP contribution in [0, 0.1) is 17.8 Å². The smallest absolute Gasteiger partial charge is 0.0176 e. The van der Waals surface area contributed by atoms with Crippen LogP contribution in [0.4, 0.5) is 0 Å². The Morgan fingerprint density at radius 3 is 2.36 bits per heavy atom. The van der Waals surface area contributed by atoms with Gasteiger partial charge in [-0.3, -0.25) is 0 Å². The van der Waals surface area contributed by atoms with E-state index in [9.17, 15) is 0 Å². The monoisotopic (exact) mass is 212 g/mol. The van der Waals surface area contributed by atoms with Crippen molar-refractivity contribution < 1.29 is 0 Å². The van der Waals surface area contributed by atoms with Crippen molar-refractivity contribution in [3.63, 3.8) is 0 Å². The molecule has 82 valence electrons. The minimum absolute atomic E-state index is 0.486. The average molecular weight is 212 g/mol. The summed E-state index contributed by atoms with van der Waals surface area (Å²) in [5, 5.41) is 0. The van der Waals surface area contributed by atoms with E-state index in [-0.39, 0.29) is 0 Å². The Kier molecular flexibility index (Phi) is 3.53. The van der Waals surface area contributed by atoms with E-state index < -0.39 is 0 Å². The molecule has 0 radical (unpaired) electrons. The van der Waals surface area contributed by atoms with Crippen molar-refractivity contribution in [3.8, 4) is 0 Å². The highest BCUT2D eigenvalue weighted by Crippen LogP contribution is 2.58. The molecule has 0 amide bonds. The normalized spacial score (nSPS) is 39.9. The van der Waals surface area contributed by atoms with Crippen LogP contribution < -0.4 is 0 Å². The standard InChI is InChI=1S/C13H25P/c1-10(2)12-6-5-11(3)9-13(12)14-7-4-8-14/h10-13H,4-9H2,1-3H3/t11-,12+,13-/m1/s1. The predicted octanol–water partition coefficient (Wildman–Crippen LogP) is 4.33. The summed E-state index contributed by atoms with van der Waals surface area (Å²) in [4.78, 5) is 0. The minimum atomic E-state index is 0.486. The Labute approximate surface area is 90.6 Å². The highest BCUT2D eigenvalue weighted by Gasteiger charge is 2.37. The van der Waals surface area contributed by atoms with Crippen LogP contribution in [0.3, 0.4) is 0 Å². The third-order valence-electron chi connectivity index (χ3n) is 4.35. The largest absolute Gasteiger partial charge is 0.103 e. The minimum Gasteiger partial charge on any atom is -0.103 e. The summed E-state index contributed by atoms with van der Waals surface area (Å²) in [5.74, 6) is 3.05. The maximum Gasteiger partial charge on any atom is -0.0176 e. The molecule has 1 heteroatoms. The first kappa shape index (κ1) is 10.9. The van der Waals surface area contributed by atoms with Gasteiger partial charge >= 0.3 is 0 Å². The molecule has 1 heterocycles. The lowest BCUT2D eigenvalue weighted by Gasteiger charge is -2.45. The van der Waals surface area contributed by atoms with E-state index in [1.165, 1.54) is 12.8 Å². The number of hydrogen-bond acceptors (Lipinski definition) is 0. The molecule has 1 aliphatic heterocycles. The highest BCUT2D eigenvalue weighted by molar-refractivity contribution is 7.60. The van der Waals surface area contributed by atoms with Crippen LogP contribution in [0.25, 0.3) is 0 Å². The summed E-state index contributed by atoms with van der Waals surface area (Å²) in [6, 6.07) is 0. The zero-order valence-electron chi connectivity index (χ0n) is 10.00. The zero-order valence-corrected chi connectivity index (χ0v) is 10.9. The maximum absolute atomic E-state index is 2.47. The van der Waals surface area contributed by atoms with Crippen LogP contribution in [-0.2, 0) is 0 Å². The van der Waals surface area contributed by atoms with E-state index >= 15 is 0 Å². The molecule has 0 N–H and O–H groups in total. The van der Waals surface area contributed by atoms with Gasteiger partial charge in [0.1, 0.15) is 0 Å². The second-order valence-electron chi connectivity index (χ2n) is 5.78. The van der Waals surface area contributed by atoms with Gasteiger partial charge in [-0.05, 0) is 55.0 Å². The van der Waals surface area contributed by atoms with Gasteiger partial charge in [-0.2, -0.15) is 0 Å². The van der Waals surface area contributed by atoms with Gasteiger partial charge in [0.15, 0.2) is 0 Å². The second kappa shape index (κ2) is 4.52. The molecule has 1 aliphatic carbocycles. The van der Waals surface area contributed by atoms with Crippen molar-refractivity contribution in [1.82, 2.24) is 0 Å². The summed E-state index contributed by atoms with van der Waals surface area (Å²) >= 11 is 0. The summed E-state index contributed by atoms with van der Waals surface area (Å²) in [6.07, 6.45) is 9.35. The molecule has 0 spiro atoms. The summed E-state index contributed by atoms with van der Waals surface area (Å²) in [7, 11) is 0.486. The third kappa shape index (κ3) is 2.16. The first-order valence-corrected chi connectivity index (χ1v) is 8.20. The Bertz CT molecular complexity index is 184. The Hall–Kier alpha value is 0.430. The average Bonchev–Trinajstić information content (AvgIpc) is 2.00. The van der Waals surface area contributed by atoms with Crippen LogP contribution in [0.2, 0.25) is 0 Å². The molecule has 2 rings (SSSR count). The van der Waals surface area contributed by atoms with Gasteiger partial charge in [-0.15, -0.1) is 7.92 Å². The molecule has 0 bridgehead atoms. The van der Waals surface area contributed by atoms with Gasteiger partial charge in [-0.1, -0.05) is 27.2 Å². The van der Waals surface area contributed by atoms with Gasteiger partial charge in [0, 0.05) is 0 Å². The van der Waals surface area contributed by atoms with Crippen LogP contribution in [0.5, 0.6) is 0 Å². The van der Waals surface area contributed by atoms with Crippen LogP contribution in [0.1, 0.15) is 46.5 Å². The van der Waals surface area contributed by atoms with Crippen molar-refractivity contribution in [2.75, 3.05) is 12.3 Å². The van der Waals surface area contributed by atoms with Gasteiger partial charge in [0.25, 0.3) is 0 Å². The second-order valence-corrected chi connectivity index (χ2v) is 8.52. The zero-order chi connectivity index (χ0) is 10.1. The molecule has 2 fully saturated rings. The van der Waals surface area contributed by atoms with Crippen molar-refractivity contribution in [1.29, 1.82) is 0 Å². The van der Waals surface area contributed by atoms with E-state index in [1.807, 2.05) is 0 Å². The fraction of sp³-hybridized carbons (Fsp3) is 1.00. The number of hydrogen-bond donors (Lipinski definition) is 0. The first-order valence-electron chi connectivity index (χ1n) is 6.42. The first-order chi connectivity index (χ1) is 6.68. The molecule has 2 aliphatic rings. The molecule has 3 atom stereocenters. The van der Waals surface area contributed by atoms with Crippen molar-refractivity contribution in [3.05, 3.63) is 0 Å². The van der Waals surface area contributed by atoms with E-state index in [4.69, 9.17) is 0 Å². The van der Waals surface area contributed by atoms with E-state index in [0.29, 0.717) is 7.92 Å². The van der Waals surface area contributed by atoms with E-state index in [0.717, 1.165) is 23.4 Å². The van der Waals surface area contributed by atoms with Crippen LogP contribution >= 0.6 is 7.92 Å². The number of rotatable bonds is 2. The van der Waals surface area contributed by atoms with Crippen molar-refractivity contribution >= 4 is 7.92 Å². The molecule has 1 saturated heterocycles. The van der Waals surface area contributed by atoms with Gasteiger partial charge in [-0.25, -0.2) is 0 Å². The lowest BCUT2D eigenvalue weighted by atomic mass is 9.77. The maximum atomic E-state index is 2.47. The Morgan fingerprint density at radius 1 is 1.14 bits per heavy atom. The Morgan fingerprint density at radius 2 is 1.86 bits per heavy atom. The summed E-state index contributed by atoms with van der Waals surface area (Å²) in [5.41, 5.74) is 1.16. The van der Waals surface area contributed by atoms with Gasteiger partial charge in [0.05, 0.1) is 0 Å². The predicted molar refractivity (Wildman–Crippen MR) is 66.4 cm³/mol. The summed E-state index contributed by atoms with van der Waals surface area (Å²) < 4.78 is 0. The molecule has 0 unspecified atom stereocenters. The summed E-state index contributed by atoms with van der Waals surface area (Å²) in [6.45, 7) is 7.37. The van der Waals surface area contributed by atoms with Crippen molar-refractivity contribution in [2.45, 2.75) is 52.1 Å². The molecule has 0 aromatic carbocycles. The topological polar surface area (TPSA) is 0 Å². The SMILES string of the molecule is CC(C)[C@@H]1CC[C@@H](C)C[C@H]1P1CCC1. The lowest BCUT2D eigenvalue weighted by Crippen LogP contribution is -2.34. The molecule has 14 heavy (non-hydrogen) atoms. The molecule has 1 saturated carbocycles. The van der Waals surface area contributed by atoms with Gasteiger partial charge < -0.3 is 0 Å². The third-order valence-corrected chi connectivity index (χ3v) is 7.66.